The van der Waals surface area contributed by atoms with E-state index in [2.05, 4.69) is 6.19 Å². The van der Waals surface area contributed by atoms with Crippen LogP contribution in [0.25, 0.3) is 0 Å². The van der Waals surface area contributed by atoms with Gasteiger partial charge in [0.25, 0.3) is 0 Å². The highest BCUT2D eigenvalue weighted by Crippen LogP contribution is 2.26. The average Bonchev–Trinajstić information content (AvgIpc) is 2.67. The Morgan fingerprint density at radius 3 is 2.57 bits per heavy atom. The molecule has 0 saturated carbocycles. The van der Waals surface area contributed by atoms with E-state index in [0.717, 1.165) is 9.92 Å². The second kappa shape index (κ2) is 4.03. The maximum Gasteiger partial charge on any atom is 0.189 e. The molecule has 14 heavy (non-hydrogen) atoms. The van der Waals surface area contributed by atoms with Crippen LogP contribution in [0.1, 0.15) is 0 Å². The van der Waals surface area contributed by atoms with E-state index in [4.69, 9.17) is 5.26 Å². The first kappa shape index (κ1) is 8.92. The van der Waals surface area contributed by atoms with Crippen LogP contribution in [0.2, 0.25) is 0 Å². The SMILES string of the molecule is N#Cn1cccc1Sc1ccccc1. The summed E-state index contributed by atoms with van der Waals surface area (Å²) in [6.45, 7) is 0. The monoisotopic (exact) mass is 200 g/mol. The molecule has 1 aromatic heterocycles. The molecule has 0 amide bonds. The van der Waals surface area contributed by atoms with Crippen LogP contribution in [0, 0.1) is 11.5 Å². The maximum absolute atomic E-state index is 8.78. The van der Waals surface area contributed by atoms with Gasteiger partial charge in [-0.2, -0.15) is 5.26 Å². The van der Waals surface area contributed by atoms with Gasteiger partial charge in [0.05, 0.1) is 5.03 Å². The van der Waals surface area contributed by atoms with Gasteiger partial charge in [-0.1, -0.05) is 30.0 Å². The van der Waals surface area contributed by atoms with Crippen molar-refractivity contribution in [3.8, 4) is 6.19 Å². The molecular formula is C11H8N2S. The van der Waals surface area contributed by atoms with E-state index in [0.29, 0.717) is 0 Å². The molecule has 0 aliphatic heterocycles. The van der Waals surface area contributed by atoms with E-state index in [1.54, 1.807) is 22.5 Å². The van der Waals surface area contributed by atoms with Gasteiger partial charge in [-0.25, -0.2) is 4.57 Å². The Bertz CT molecular complexity index is 454. The van der Waals surface area contributed by atoms with Crippen molar-refractivity contribution in [2.75, 3.05) is 0 Å². The molecule has 0 atom stereocenters. The van der Waals surface area contributed by atoms with Crippen LogP contribution in [0.15, 0.2) is 58.6 Å². The molecule has 1 heterocycles. The fraction of sp³-hybridized carbons (Fsp3) is 0. The zero-order valence-corrected chi connectivity index (χ0v) is 8.24. The number of aromatic nitrogens is 1. The molecule has 0 saturated heterocycles. The summed E-state index contributed by atoms with van der Waals surface area (Å²) in [5.74, 6) is 0. The van der Waals surface area contributed by atoms with Gasteiger partial charge in [0.15, 0.2) is 6.19 Å². The maximum atomic E-state index is 8.78. The van der Waals surface area contributed by atoms with Gasteiger partial charge >= 0.3 is 0 Å². The first-order chi connectivity index (χ1) is 6.90. The highest BCUT2D eigenvalue weighted by atomic mass is 32.2. The van der Waals surface area contributed by atoms with Crippen LogP contribution >= 0.6 is 11.8 Å². The van der Waals surface area contributed by atoms with Gasteiger partial charge in [0, 0.05) is 11.1 Å². The quantitative estimate of drug-likeness (QED) is 0.745. The van der Waals surface area contributed by atoms with Crippen molar-refractivity contribution >= 4 is 11.8 Å². The molecule has 0 spiro atoms. The molecule has 68 valence electrons. The fourth-order valence-electron chi connectivity index (χ4n) is 1.14. The summed E-state index contributed by atoms with van der Waals surface area (Å²) in [6.07, 6.45) is 3.85. The lowest BCUT2D eigenvalue weighted by Gasteiger charge is -1.99. The lowest BCUT2D eigenvalue weighted by molar-refractivity contribution is 0.975. The van der Waals surface area contributed by atoms with Gasteiger partial charge in [0.2, 0.25) is 0 Å². The molecule has 0 fully saturated rings. The molecule has 0 aliphatic carbocycles. The van der Waals surface area contributed by atoms with Gasteiger partial charge in [0.1, 0.15) is 0 Å². The van der Waals surface area contributed by atoms with Crippen molar-refractivity contribution in [2.24, 2.45) is 0 Å². The third-order valence-electron chi connectivity index (χ3n) is 1.78. The Hall–Kier alpha value is -1.66. The number of benzene rings is 1. The summed E-state index contributed by atoms with van der Waals surface area (Å²) in [5, 5.41) is 9.73. The Labute approximate surface area is 86.8 Å². The molecule has 3 heteroatoms. The molecule has 0 N–H and O–H groups in total. The standard InChI is InChI=1S/C11H8N2S/c12-9-13-8-4-7-11(13)14-10-5-2-1-3-6-10/h1-8H. The predicted molar refractivity (Wildman–Crippen MR) is 56.0 cm³/mol. The zero-order valence-electron chi connectivity index (χ0n) is 7.42. The molecule has 0 bridgehead atoms. The van der Waals surface area contributed by atoms with Gasteiger partial charge in [-0.15, -0.1) is 0 Å². The third-order valence-corrected chi connectivity index (χ3v) is 2.83. The van der Waals surface area contributed by atoms with E-state index in [1.807, 2.05) is 42.5 Å². The largest absolute Gasteiger partial charge is 0.249 e. The molecule has 0 radical (unpaired) electrons. The van der Waals surface area contributed by atoms with E-state index in [1.165, 1.54) is 0 Å². The number of nitrogens with zero attached hydrogens (tertiary/aromatic N) is 2. The number of nitriles is 1. The van der Waals surface area contributed by atoms with Crippen LogP contribution in [-0.4, -0.2) is 4.57 Å². The second-order valence-corrected chi connectivity index (χ2v) is 3.83. The number of hydrogen-bond donors (Lipinski definition) is 0. The molecule has 2 aromatic rings. The molecule has 1 aromatic carbocycles. The van der Waals surface area contributed by atoms with Crippen LogP contribution in [0.3, 0.4) is 0 Å². The highest BCUT2D eigenvalue weighted by Gasteiger charge is 2.01. The third kappa shape index (κ3) is 1.81. The van der Waals surface area contributed by atoms with Crippen molar-refractivity contribution in [1.82, 2.24) is 4.57 Å². The molecular weight excluding hydrogens is 192 g/mol. The zero-order chi connectivity index (χ0) is 9.80. The minimum Gasteiger partial charge on any atom is -0.249 e. The summed E-state index contributed by atoms with van der Waals surface area (Å²) >= 11 is 1.59. The Morgan fingerprint density at radius 1 is 1.07 bits per heavy atom. The lowest BCUT2D eigenvalue weighted by atomic mass is 10.4. The van der Waals surface area contributed by atoms with E-state index in [-0.39, 0.29) is 0 Å². The van der Waals surface area contributed by atoms with E-state index < -0.39 is 0 Å². The molecule has 2 nitrogen and oxygen atoms in total. The van der Waals surface area contributed by atoms with Crippen LogP contribution < -0.4 is 0 Å². The van der Waals surface area contributed by atoms with E-state index in [9.17, 15) is 0 Å². The Kier molecular flexibility index (Phi) is 2.57. The minimum absolute atomic E-state index is 0.943. The Balaban J connectivity index is 2.24. The van der Waals surface area contributed by atoms with Crippen LogP contribution in [0.5, 0.6) is 0 Å². The number of rotatable bonds is 2. The summed E-state index contributed by atoms with van der Waals surface area (Å²) in [6, 6.07) is 13.8. The second-order valence-electron chi connectivity index (χ2n) is 2.73. The topological polar surface area (TPSA) is 28.7 Å². The highest BCUT2D eigenvalue weighted by molar-refractivity contribution is 7.99. The smallest absolute Gasteiger partial charge is 0.189 e. The summed E-state index contributed by atoms with van der Waals surface area (Å²) in [5.41, 5.74) is 0. The van der Waals surface area contributed by atoms with Gasteiger partial charge in [-0.3, -0.25) is 0 Å². The first-order valence-corrected chi connectivity index (χ1v) is 5.02. The average molecular weight is 200 g/mol. The van der Waals surface area contributed by atoms with Crippen molar-refractivity contribution in [2.45, 2.75) is 9.92 Å². The van der Waals surface area contributed by atoms with Crippen molar-refractivity contribution < 1.29 is 0 Å². The Morgan fingerprint density at radius 2 is 1.86 bits per heavy atom. The fourth-order valence-corrected chi connectivity index (χ4v) is 2.02. The van der Waals surface area contributed by atoms with Crippen molar-refractivity contribution in [3.63, 3.8) is 0 Å². The van der Waals surface area contributed by atoms with E-state index >= 15 is 0 Å². The predicted octanol–water partition coefficient (Wildman–Crippen LogP) is 2.97. The first-order valence-electron chi connectivity index (χ1n) is 4.20. The van der Waals surface area contributed by atoms with Crippen LogP contribution in [0.4, 0.5) is 0 Å². The number of hydrogen-bond acceptors (Lipinski definition) is 2. The summed E-state index contributed by atoms with van der Waals surface area (Å²) < 4.78 is 1.55. The van der Waals surface area contributed by atoms with Gasteiger partial charge < -0.3 is 0 Å². The van der Waals surface area contributed by atoms with Gasteiger partial charge in [-0.05, 0) is 24.3 Å². The molecule has 0 aliphatic rings. The normalized spacial score (nSPS) is 9.64. The van der Waals surface area contributed by atoms with Crippen molar-refractivity contribution in [3.05, 3.63) is 48.7 Å². The summed E-state index contributed by atoms with van der Waals surface area (Å²) in [7, 11) is 0. The lowest BCUT2D eigenvalue weighted by Crippen LogP contribution is -1.86. The molecule has 2 rings (SSSR count). The molecule has 0 unspecified atom stereocenters. The summed E-state index contributed by atoms with van der Waals surface area (Å²) in [4.78, 5) is 1.14. The minimum atomic E-state index is 0.943. The van der Waals surface area contributed by atoms with Crippen LogP contribution in [-0.2, 0) is 0 Å². The van der Waals surface area contributed by atoms with Crippen molar-refractivity contribution in [1.29, 1.82) is 5.26 Å².